The Morgan fingerprint density at radius 1 is 0.964 bits per heavy atom. The van der Waals surface area contributed by atoms with Crippen molar-refractivity contribution in [2.24, 2.45) is 0 Å². The van der Waals surface area contributed by atoms with Crippen LogP contribution in [0.2, 0.25) is 5.02 Å². The fraction of sp³-hybridized carbons (Fsp3) is 0.0800. The molecule has 28 heavy (non-hydrogen) atoms. The molecule has 0 saturated carbocycles. The number of rotatable bonds is 4. The molecular weight excluding hydrogens is 366 g/mol. The number of benzene rings is 3. The smallest absolute Gasteiger partial charge is 0.221 e. The van der Waals surface area contributed by atoms with Crippen LogP contribution in [0.25, 0.3) is 6.08 Å². The lowest BCUT2D eigenvalue weighted by Gasteiger charge is -2.09. The number of carbonyl (C=O) groups excluding carboxylic acids is 1. The summed E-state index contributed by atoms with van der Waals surface area (Å²) in [6.45, 7) is 1.49. The lowest BCUT2D eigenvalue weighted by Crippen LogP contribution is -2.05. The number of hydrogen-bond donors (Lipinski definition) is 1. The van der Waals surface area contributed by atoms with Gasteiger partial charge in [0.15, 0.2) is 0 Å². The summed E-state index contributed by atoms with van der Waals surface area (Å²) in [5, 5.41) is 3.42. The summed E-state index contributed by atoms with van der Waals surface area (Å²) in [5.74, 6) is 6.31. The van der Waals surface area contributed by atoms with E-state index in [1.807, 2.05) is 66.7 Å². The van der Waals surface area contributed by atoms with Crippen LogP contribution in [0.5, 0.6) is 0 Å². The van der Waals surface area contributed by atoms with Crippen molar-refractivity contribution >= 4 is 29.3 Å². The summed E-state index contributed by atoms with van der Waals surface area (Å²) < 4.78 is 0. The van der Waals surface area contributed by atoms with Crippen LogP contribution < -0.4 is 5.32 Å². The van der Waals surface area contributed by atoms with E-state index >= 15 is 0 Å². The molecule has 1 N–H and O–H groups in total. The van der Waals surface area contributed by atoms with Gasteiger partial charge in [0.05, 0.1) is 10.9 Å². The lowest BCUT2D eigenvalue weighted by atomic mass is 9.97. The lowest BCUT2D eigenvalue weighted by molar-refractivity contribution is -0.114. The fourth-order valence-electron chi connectivity index (χ4n) is 2.71. The van der Waals surface area contributed by atoms with Crippen LogP contribution in [0.4, 0.5) is 5.69 Å². The number of halogens is 1. The quantitative estimate of drug-likeness (QED) is 0.536. The summed E-state index contributed by atoms with van der Waals surface area (Å²) >= 11 is 6.24. The first-order chi connectivity index (χ1) is 13.6. The van der Waals surface area contributed by atoms with E-state index in [-0.39, 0.29) is 11.8 Å². The molecule has 1 amide bonds. The zero-order chi connectivity index (χ0) is 19.8. The van der Waals surface area contributed by atoms with E-state index < -0.39 is 0 Å². The Balaban J connectivity index is 1.91. The highest BCUT2D eigenvalue weighted by atomic mass is 35.5. The molecule has 0 bridgehead atoms. The van der Waals surface area contributed by atoms with Crippen LogP contribution in [0, 0.1) is 11.8 Å². The number of nitrogens with one attached hydrogen (secondary N) is 1. The highest BCUT2D eigenvalue weighted by Gasteiger charge is 2.06. The maximum Gasteiger partial charge on any atom is 0.221 e. The molecule has 0 saturated heterocycles. The Hall–Kier alpha value is -3.28. The molecule has 0 radical (unpaired) electrons. The summed E-state index contributed by atoms with van der Waals surface area (Å²) in [6, 6.07) is 25.4. The molecule has 0 unspecified atom stereocenters. The first kappa shape index (κ1) is 19.5. The number of amides is 1. The van der Waals surface area contributed by atoms with Gasteiger partial charge in [-0.1, -0.05) is 90.2 Å². The van der Waals surface area contributed by atoms with E-state index in [0.29, 0.717) is 5.02 Å². The van der Waals surface area contributed by atoms with Gasteiger partial charge in [-0.3, -0.25) is 4.79 Å². The van der Waals surface area contributed by atoms with Crippen molar-refractivity contribution in [1.29, 1.82) is 0 Å². The van der Waals surface area contributed by atoms with Gasteiger partial charge in [0.2, 0.25) is 5.91 Å². The molecule has 0 fully saturated rings. The van der Waals surface area contributed by atoms with E-state index in [0.717, 1.165) is 22.4 Å². The normalized spacial score (nSPS) is 11.5. The molecule has 0 aromatic heterocycles. The third kappa shape index (κ3) is 5.61. The van der Waals surface area contributed by atoms with Crippen molar-refractivity contribution in [2.45, 2.75) is 12.8 Å². The average Bonchev–Trinajstić information content (AvgIpc) is 2.70. The third-order valence-electron chi connectivity index (χ3n) is 4.11. The topological polar surface area (TPSA) is 29.1 Å². The number of allylic oxidation sites excluding steroid dienone is 1. The molecule has 0 heterocycles. The van der Waals surface area contributed by atoms with Crippen LogP contribution in [0.1, 0.15) is 29.5 Å². The molecular formula is C25H20ClNO. The highest BCUT2D eigenvalue weighted by molar-refractivity contribution is 6.31. The Kier molecular flexibility index (Phi) is 6.68. The van der Waals surface area contributed by atoms with E-state index in [1.165, 1.54) is 6.92 Å². The predicted octanol–water partition coefficient (Wildman–Crippen LogP) is 6.15. The van der Waals surface area contributed by atoms with Crippen molar-refractivity contribution < 1.29 is 4.79 Å². The Labute approximate surface area is 170 Å². The highest BCUT2D eigenvalue weighted by Crippen LogP contribution is 2.22. The Bertz CT molecular complexity index is 1030. The minimum atomic E-state index is -0.108. The van der Waals surface area contributed by atoms with Gasteiger partial charge in [-0.15, -0.1) is 0 Å². The van der Waals surface area contributed by atoms with Gasteiger partial charge in [0.25, 0.3) is 0 Å². The molecule has 3 heteroatoms. The zero-order valence-electron chi connectivity index (χ0n) is 15.5. The third-order valence-corrected chi connectivity index (χ3v) is 4.44. The van der Waals surface area contributed by atoms with Gasteiger partial charge in [0, 0.05) is 18.2 Å². The second kappa shape index (κ2) is 9.60. The molecule has 138 valence electrons. The van der Waals surface area contributed by atoms with Gasteiger partial charge in [-0.2, -0.15) is 0 Å². The number of carbonyl (C=O) groups is 1. The largest absolute Gasteiger partial charge is 0.326 e. The standard InChI is InChI=1S/C25H20ClNO/c1-19(28)27-24-17-15-22(16-18-24)21(12-11-20-7-3-2-4-8-20)13-14-23-9-5-6-10-25(23)26/h2-12,15-18,21H,1H3,(H,27,28)/b12-11+/t21-/m1/s1. The molecule has 0 aliphatic heterocycles. The first-order valence-corrected chi connectivity index (χ1v) is 9.36. The predicted molar refractivity (Wildman–Crippen MR) is 117 cm³/mol. The Morgan fingerprint density at radius 2 is 1.64 bits per heavy atom. The fourth-order valence-corrected chi connectivity index (χ4v) is 2.89. The molecule has 1 atom stereocenters. The van der Waals surface area contributed by atoms with E-state index in [4.69, 9.17) is 11.6 Å². The minimum Gasteiger partial charge on any atom is -0.326 e. The maximum atomic E-state index is 11.2. The molecule has 0 aliphatic rings. The monoisotopic (exact) mass is 385 g/mol. The average molecular weight is 386 g/mol. The second-order valence-electron chi connectivity index (χ2n) is 6.30. The van der Waals surface area contributed by atoms with E-state index in [9.17, 15) is 4.79 Å². The van der Waals surface area contributed by atoms with Crippen LogP contribution >= 0.6 is 11.6 Å². The van der Waals surface area contributed by atoms with E-state index in [2.05, 4.69) is 41.4 Å². The van der Waals surface area contributed by atoms with Gasteiger partial charge in [-0.25, -0.2) is 0 Å². The van der Waals surface area contributed by atoms with Crippen molar-refractivity contribution in [2.75, 3.05) is 5.32 Å². The molecule has 3 aromatic rings. The second-order valence-corrected chi connectivity index (χ2v) is 6.71. The van der Waals surface area contributed by atoms with Gasteiger partial charge >= 0.3 is 0 Å². The molecule has 2 nitrogen and oxygen atoms in total. The van der Waals surface area contributed by atoms with E-state index in [1.54, 1.807) is 0 Å². The van der Waals surface area contributed by atoms with Gasteiger partial charge in [0.1, 0.15) is 0 Å². The summed E-state index contributed by atoms with van der Waals surface area (Å²) in [5.41, 5.74) is 3.72. The van der Waals surface area contributed by atoms with Gasteiger partial charge in [-0.05, 0) is 35.4 Å². The van der Waals surface area contributed by atoms with Crippen LogP contribution in [0.3, 0.4) is 0 Å². The van der Waals surface area contributed by atoms with Crippen LogP contribution in [-0.2, 0) is 4.79 Å². The van der Waals surface area contributed by atoms with Crippen molar-refractivity contribution in [1.82, 2.24) is 0 Å². The van der Waals surface area contributed by atoms with Gasteiger partial charge < -0.3 is 5.32 Å². The Morgan fingerprint density at radius 3 is 2.32 bits per heavy atom. The first-order valence-electron chi connectivity index (χ1n) is 8.99. The summed E-state index contributed by atoms with van der Waals surface area (Å²) in [7, 11) is 0. The van der Waals surface area contributed by atoms with Crippen molar-refractivity contribution in [3.63, 3.8) is 0 Å². The zero-order valence-corrected chi connectivity index (χ0v) is 16.3. The number of hydrogen-bond acceptors (Lipinski definition) is 1. The molecule has 0 spiro atoms. The summed E-state index contributed by atoms with van der Waals surface area (Å²) in [4.78, 5) is 11.2. The molecule has 3 aromatic carbocycles. The maximum absolute atomic E-state index is 11.2. The van der Waals surface area contributed by atoms with Crippen LogP contribution in [0.15, 0.2) is 84.9 Å². The van der Waals surface area contributed by atoms with Crippen molar-refractivity contribution in [3.8, 4) is 11.8 Å². The SMILES string of the molecule is CC(=O)Nc1ccc([C@@H](C#Cc2ccccc2Cl)/C=C/c2ccccc2)cc1. The number of anilines is 1. The molecule has 3 rings (SSSR count). The van der Waals surface area contributed by atoms with Crippen LogP contribution in [-0.4, -0.2) is 5.91 Å². The minimum absolute atomic E-state index is 0.0909. The van der Waals surface area contributed by atoms with Crippen molar-refractivity contribution in [3.05, 3.63) is 107 Å². The molecule has 0 aliphatic carbocycles. The summed E-state index contributed by atoms with van der Waals surface area (Å²) in [6.07, 6.45) is 4.14.